The molecule has 0 heterocycles. The lowest BCUT2D eigenvalue weighted by atomic mass is 10.1. The molecule has 0 aromatic heterocycles. The predicted octanol–water partition coefficient (Wildman–Crippen LogP) is 3.89. The second kappa shape index (κ2) is 5.89. The predicted molar refractivity (Wildman–Crippen MR) is 84.3 cm³/mol. The zero-order chi connectivity index (χ0) is 13.8. The smallest absolute Gasteiger partial charge is 0.122 e. The number of anilines is 2. The van der Waals surface area contributed by atoms with E-state index in [4.69, 9.17) is 11.1 Å². The SMILES string of the molecule is CCN(c1ccccc1)c1ccc(C(=N)N)cc1Br. The normalized spacial score (nSPS) is 10.2. The van der Waals surface area contributed by atoms with E-state index in [1.807, 2.05) is 36.4 Å². The molecule has 0 fully saturated rings. The van der Waals surface area contributed by atoms with Gasteiger partial charge in [-0.1, -0.05) is 18.2 Å². The number of nitrogens with two attached hydrogens (primary N) is 1. The van der Waals surface area contributed by atoms with Gasteiger partial charge in [0.25, 0.3) is 0 Å². The van der Waals surface area contributed by atoms with Crippen LogP contribution in [0.5, 0.6) is 0 Å². The average molecular weight is 318 g/mol. The van der Waals surface area contributed by atoms with Gasteiger partial charge in [-0.05, 0) is 53.2 Å². The molecule has 0 amide bonds. The van der Waals surface area contributed by atoms with Crippen LogP contribution in [-0.2, 0) is 0 Å². The second-order valence-electron chi connectivity index (χ2n) is 4.16. The van der Waals surface area contributed by atoms with Crippen LogP contribution in [0.25, 0.3) is 0 Å². The summed E-state index contributed by atoms with van der Waals surface area (Å²) in [5, 5.41) is 7.46. The van der Waals surface area contributed by atoms with Crippen molar-refractivity contribution in [1.29, 1.82) is 5.41 Å². The fourth-order valence-electron chi connectivity index (χ4n) is 1.99. The van der Waals surface area contributed by atoms with Gasteiger partial charge in [-0.15, -0.1) is 0 Å². The Kier molecular flexibility index (Phi) is 4.22. The molecular formula is C15H16BrN3. The number of rotatable bonds is 4. The van der Waals surface area contributed by atoms with Crippen LogP contribution in [0.2, 0.25) is 0 Å². The molecule has 0 spiro atoms. The third-order valence-corrected chi connectivity index (χ3v) is 3.57. The number of nitrogen functional groups attached to an aromatic ring is 1. The van der Waals surface area contributed by atoms with Crippen molar-refractivity contribution in [2.45, 2.75) is 6.92 Å². The summed E-state index contributed by atoms with van der Waals surface area (Å²) in [6.45, 7) is 2.97. The van der Waals surface area contributed by atoms with Crippen molar-refractivity contribution in [1.82, 2.24) is 0 Å². The minimum atomic E-state index is 0.0787. The van der Waals surface area contributed by atoms with Crippen LogP contribution in [-0.4, -0.2) is 12.4 Å². The van der Waals surface area contributed by atoms with Crippen molar-refractivity contribution in [2.75, 3.05) is 11.4 Å². The number of hydrogen-bond acceptors (Lipinski definition) is 2. The van der Waals surface area contributed by atoms with E-state index in [0.717, 1.165) is 28.0 Å². The molecule has 0 unspecified atom stereocenters. The summed E-state index contributed by atoms with van der Waals surface area (Å²) in [6.07, 6.45) is 0. The maximum atomic E-state index is 7.46. The van der Waals surface area contributed by atoms with E-state index in [1.165, 1.54) is 0 Å². The summed E-state index contributed by atoms with van der Waals surface area (Å²) in [7, 11) is 0. The van der Waals surface area contributed by atoms with Gasteiger partial charge in [-0.2, -0.15) is 0 Å². The molecule has 0 bridgehead atoms. The van der Waals surface area contributed by atoms with Gasteiger partial charge in [0.15, 0.2) is 0 Å². The molecule has 2 rings (SSSR count). The standard InChI is InChI=1S/C15H16BrN3/c1-2-19(12-6-4-3-5-7-12)14-9-8-11(15(17)18)10-13(14)16/h3-10H,2H2,1H3,(H3,17,18). The van der Waals surface area contributed by atoms with Crippen LogP contribution in [0.3, 0.4) is 0 Å². The molecule has 3 N–H and O–H groups in total. The molecule has 0 radical (unpaired) electrons. The summed E-state index contributed by atoms with van der Waals surface area (Å²) in [6, 6.07) is 15.9. The molecule has 0 atom stereocenters. The number of hydrogen-bond donors (Lipinski definition) is 2. The van der Waals surface area contributed by atoms with Crippen molar-refractivity contribution in [3.05, 3.63) is 58.6 Å². The summed E-state index contributed by atoms with van der Waals surface area (Å²) >= 11 is 3.56. The number of para-hydroxylation sites is 1. The van der Waals surface area contributed by atoms with E-state index >= 15 is 0 Å². The van der Waals surface area contributed by atoms with E-state index in [9.17, 15) is 0 Å². The first-order chi connectivity index (χ1) is 9.13. The number of nitrogens with zero attached hydrogens (tertiary/aromatic N) is 1. The highest BCUT2D eigenvalue weighted by Gasteiger charge is 2.11. The Balaban J connectivity index is 2.42. The lowest BCUT2D eigenvalue weighted by molar-refractivity contribution is 1.02. The highest BCUT2D eigenvalue weighted by molar-refractivity contribution is 9.10. The third kappa shape index (κ3) is 2.96. The van der Waals surface area contributed by atoms with Gasteiger partial charge in [0.1, 0.15) is 5.84 Å². The molecule has 0 aliphatic carbocycles. The van der Waals surface area contributed by atoms with Crippen LogP contribution < -0.4 is 10.6 Å². The Bertz CT molecular complexity index is 581. The van der Waals surface area contributed by atoms with E-state index in [-0.39, 0.29) is 5.84 Å². The van der Waals surface area contributed by atoms with Crippen molar-refractivity contribution < 1.29 is 0 Å². The zero-order valence-electron chi connectivity index (χ0n) is 10.7. The van der Waals surface area contributed by atoms with Crippen LogP contribution in [0.4, 0.5) is 11.4 Å². The minimum Gasteiger partial charge on any atom is -0.384 e. The second-order valence-corrected chi connectivity index (χ2v) is 5.01. The largest absolute Gasteiger partial charge is 0.384 e. The lowest BCUT2D eigenvalue weighted by Crippen LogP contribution is -2.17. The Labute approximate surface area is 121 Å². The molecule has 4 heteroatoms. The van der Waals surface area contributed by atoms with E-state index < -0.39 is 0 Å². The molecule has 98 valence electrons. The molecule has 3 nitrogen and oxygen atoms in total. The first-order valence-electron chi connectivity index (χ1n) is 6.10. The van der Waals surface area contributed by atoms with Gasteiger partial charge in [0.05, 0.1) is 5.69 Å². The van der Waals surface area contributed by atoms with Gasteiger partial charge < -0.3 is 10.6 Å². The van der Waals surface area contributed by atoms with E-state index in [1.54, 1.807) is 0 Å². The van der Waals surface area contributed by atoms with Gasteiger partial charge in [0.2, 0.25) is 0 Å². The Morgan fingerprint density at radius 3 is 2.42 bits per heavy atom. The highest BCUT2D eigenvalue weighted by Crippen LogP contribution is 2.32. The molecule has 0 saturated carbocycles. The Hall–Kier alpha value is -1.81. The van der Waals surface area contributed by atoms with Crippen LogP contribution in [0, 0.1) is 5.41 Å². The van der Waals surface area contributed by atoms with Gasteiger partial charge in [0, 0.05) is 22.3 Å². The molecular weight excluding hydrogens is 302 g/mol. The maximum Gasteiger partial charge on any atom is 0.122 e. The fraction of sp³-hybridized carbons (Fsp3) is 0.133. The van der Waals surface area contributed by atoms with Crippen molar-refractivity contribution in [3.63, 3.8) is 0 Å². The minimum absolute atomic E-state index is 0.0787. The number of halogens is 1. The quantitative estimate of drug-likeness (QED) is 0.664. The van der Waals surface area contributed by atoms with Gasteiger partial charge in [-0.3, -0.25) is 5.41 Å². The Morgan fingerprint density at radius 1 is 1.21 bits per heavy atom. The zero-order valence-corrected chi connectivity index (χ0v) is 12.3. The molecule has 2 aromatic carbocycles. The monoisotopic (exact) mass is 317 g/mol. The summed E-state index contributed by atoms with van der Waals surface area (Å²) in [4.78, 5) is 2.20. The van der Waals surface area contributed by atoms with Crippen LogP contribution >= 0.6 is 15.9 Å². The maximum absolute atomic E-state index is 7.46. The highest BCUT2D eigenvalue weighted by atomic mass is 79.9. The lowest BCUT2D eigenvalue weighted by Gasteiger charge is -2.24. The van der Waals surface area contributed by atoms with Crippen molar-refractivity contribution in [2.24, 2.45) is 5.73 Å². The molecule has 0 aliphatic rings. The van der Waals surface area contributed by atoms with E-state index in [2.05, 4.69) is 39.9 Å². The van der Waals surface area contributed by atoms with Crippen molar-refractivity contribution in [3.8, 4) is 0 Å². The molecule has 0 aliphatic heterocycles. The first kappa shape index (κ1) is 13.6. The third-order valence-electron chi connectivity index (χ3n) is 2.93. The van der Waals surface area contributed by atoms with E-state index in [0.29, 0.717) is 0 Å². The topological polar surface area (TPSA) is 53.1 Å². The average Bonchev–Trinajstić information content (AvgIpc) is 2.42. The summed E-state index contributed by atoms with van der Waals surface area (Å²) in [5.74, 6) is 0.0787. The van der Waals surface area contributed by atoms with Crippen LogP contribution in [0.15, 0.2) is 53.0 Å². The number of nitrogens with one attached hydrogen (secondary N) is 1. The van der Waals surface area contributed by atoms with Crippen molar-refractivity contribution >= 4 is 33.1 Å². The van der Waals surface area contributed by atoms with Gasteiger partial charge >= 0.3 is 0 Å². The number of benzene rings is 2. The molecule has 0 saturated heterocycles. The fourth-order valence-corrected chi connectivity index (χ4v) is 2.59. The van der Waals surface area contributed by atoms with Crippen LogP contribution in [0.1, 0.15) is 12.5 Å². The Morgan fingerprint density at radius 2 is 1.89 bits per heavy atom. The molecule has 19 heavy (non-hydrogen) atoms. The molecule has 2 aromatic rings. The summed E-state index contributed by atoms with van der Waals surface area (Å²) in [5.41, 5.74) is 8.43. The first-order valence-corrected chi connectivity index (χ1v) is 6.89. The van der Waals surface area contributed by atoms with Gasteiger partial charge in [-0.25, -0.2) is 0 Å². The number of amidine groups is 1. The summed E-state index contributed by atoms with van der Waals surface area (Å²) < 4.78 is 0.936.